The highest BCUT2D eigenvalue weighted by Gasteiger charge is 2.35. The summed E-state index contributed by atoms with van der Waals surface area (Å²) in [5.41, 5.74) is 2.03. The fourth-order valence-electron chi connectivity index (χ4n) is 3.72. The monoisotopic (exact) mass is 367 g/mol. The SMILES string of the molecule is CN1C(=O)CC(c2ccncn2)NC1OC1CCCN(c2ccccc2)C1. The summed E-state index contributed by atoms with van der Waals surface area (Å²) < 4.78 is 6.33. The number of piperidine rings is 1. The highest BCUT2D eigenvalue weighted by atomic mass is 16.5. The van der Waals surface area contributed by atoms with Gasteiger partial charge in [0.25, 0.3) is 0 Å². The Morgan fingerprint density at radius 3 is 2.85 bits per heavy atom. The molecule has 0 spiro atoms. The van der Waals surface area contributed by atoms with Crippen LogP contribution in [0.2, 0.25) is 0 Å². The summed E-state index contributed by atoms with van der Waals surface area (Å²) >= 11 is 0. The third kappa shape index (κ3) is 4.09. The van der Waals surface area contributed by atoms with Crippen LogP contribution in [-0.4, -0.2) is 53.4 Å². The summed E-state index contributed by atoms with van der Waals surface area (Å²) in [4.78, 5) is 24.7. The Bertz CT molecular complexity index is 757. The van der Waals surface area contributed by atoms with E-state index in [2.05, 4.69) is 44.5 Å². The molecule has 0 bridgehead atoms. The van der Waals surface area contributed by atoms with E-state index in [1.807, 2.05) is 12.1 Å². The van der Waals surface area contributed by atoms with Gasteiger partial charge in [-0.25, -0.2) is 9.97 Å². The number of nitrogens with zero attached hydrogens (tertiary/aromatic N) is 4. The highest BCUT2D eigenvalue weighted by Crippen LogP contribution is 2.25. The van der Waals surface area contributed by atoms with E-state index in [9.17, 15) is 4.79 Å². The van der Waals surface area contributed by atoms with E-state index in [-0.39, 0.29) is 18.1 Å². The lowest BCUT2D eigenvalue weighted by molar-refractivity contribution is -0.166. The maximum Gasteiger partial charge on any atom is 0.227 e. The molecule has 2 aliphatic rings. The van der Waals surface area contributed by atoms with E-state index in [0.717, 1.165) is 31.6 Å². The van der Waals surface area contributed by atoms with Crippen molar-refractivity contribution < 1.29 is 9.53 Å². The molecule has 1 aromatic carbocycles. The molecule has 1 amide bonds. The van der Waals surface area contributed by atoms with Crippen molar-refractivity contribution in [1.29, 1.82) is 0 Å². The van der Waals surface area contributed by atoms with Gasteiger partial charge in [0, 0.05) is 38.4 Å². The minimum atomic E-state index is -0.452. The summed E-state index contributed by atoms with van der Waals surface area (Å²) in [7, 11) is 1.79. The van der Waals surface area contributed by atoms with Crippen LogP contribution in [0.3, 0.4) is 0 Å². The number of para-hydroxylation sites is 1. The molecule has 2 aromatic rings. The van der Waals surface area contributed by atoms with Crippen molar-refractivity contribution in [3.05, 3.63) is 54.6 Å². The molecule has 1 N–H and O–H groups in total. The molecule has 7 heteroatoms. The molecule has 1 aromatic heterocycles. The van der Waals surface area contributed by atoms with Crippen molar-refractivity contribution >= 4 is 11.6 Å². The van der Waals surface area contributed by atoms with Gasteiger partial charge in [0.2, 0.25) is 5.91 Å². The van der Waals surface area contributed by atoms with E-state index >= 15 is 0 Å². The van der Waals surface area contributed by atoms with Crippen LogP contribution < -0.4 is 10.2 Å². The predicted octanol–water partition coefficient (Wildman–Crippen LogP) is 1.94. The first-order valence-electron chi connectivity index (χ1n) is 9.44. The van der Waals surface area contributed by atoms with Crippen molar-refractivity contribution in [3.8, 4) is 0 Å². The van der Waals surface area contributed by atoms with E-state index in [1.54, 1.807) is 18.1 Å². The molecular weight excluding hydrogens is 342 g/mol. The zero-order valence-electron chi connectivity index (χ0n) is 15.5. The minimum Gasteiger partial charge on any atom is -0.369 e. The maximum absolute atomic E-state index is 12.5. The maximum atomic E-state index is 12.5. The number of amides is 1. The van der Waals surface area contributed by atoms with Crippen LogP contribution in [0.5, 0.6) is 0 Å². The van der Waals surface area contributed by atoms with Gasteiger partial charge < -0.3 is 14.5 Å². The van der Waals surface area contributed by atoms with Gasteiger partial charge >= 0.3 is 0 Å². The highest BCUT2D eigenvalue weighted by molar-refractivity contribution is 5.77. The number of rotatable bonds is 4. The first-order valence-corrected chi connectivity index (χ1v) is 9.44. The minimum absolute atomic E-state index is 0.0538. The molecule has 2 saturated heterocycles. The van der Waals surface area contributed by atoms with Gasteiger partial charge in [-0.3, -0.25) is 10.1 Å². The molecule has 3 unspecified atom stereocenters. The lowest BCUT2D eigenvalue weighted by Crippen LogP contribution is -2.57. The van der Waals surface area contributed by atoms with Crippen LogP contribution in [0.4, 0.5) is 5.69 Å². The molecule has 2 aliphatic heterocycles. The van der Waals surface area contributed by atoms with Gasteiger partial charge in [0.05, 0.1) is 17.8 Å². The molecule has 0 radical (unpaired) electrons. The average Bonchev–Trinajstić information content (AvgIpc) is 2.73. The fourth-order valence-corrected chi connectivity index (χ4v) is 3.72. The standard InChI is InChI=1S/C20H25N5O2/c1-24-19(26)12-18(17-9-10-21-14-22-17)23-20(24)27-16-8-5-11-25(13-16)15-6-3-2-4-7-15/h2-4,6-7,9-10,14,16,18,20,23H,5,8,11-13H2,1H3. The first-order chi connectivity index (χ1) is 13.2. The van der Waals surface area contributed by atoms with Gasteiger partial charge in [-0.2, -0.15) is 0 Å². The van der Waals surface area contributed by atoms with E-state index in [1.165, 1.54) is 12.0 Å². The van der Waals surface area contributed by atoms with Crippen LogP contribution in [0, 0.1) is 0 Å². The molecule has 3 atom stereocenters. The van der Waals surface area contributed by atoms with E-state index < -0.39 is 6.35 Å². The Hall–Kier alpha value is -2.51. The second-order valence-electron chi connectivity index (χ2n) is 7.10. The quantitative estimate of drug-likeness (QED) is 0.891. The number of aromatic nitrogens is 2. The van der Waals surface area contributed by atoms with Crippen LogP contribution in [0.1, 0.15) is 31.0 Å². The Labute approximate surface area is 159 Å². The predicted molar refractivity (Wildman–Crippen MR) is 102 cm³/mol. The number of carbonyl (C=O) groups is 1. The zero-order chi connectivity index (χ0) is 18.6. The Morgan fingerprint density at radius 2 is 2.07 bits per heavy atom. The van der Waals surface area contributed by atoms with Crippen molar-refractivity contribution in [3.63, 3.8) is 0 Å². The number of ether oxygens (including phenoxy) is 1. The molecule has 0 saturated carbocycles. The first kappa shape index (κ1) is 17.9. The topological polar surface area (TPSA) is 70.6 Å². The second kappa shape index (κ2) is 8.02. The van der Waals surface area contributed by atoms with E-state index in [4.69, 9.17) is 4.74 Å². The number of nitrogens with one attached hydrogen (secondary N) is 1. The molecule has 27 heavy (non-hydrogen) atoms. The number of hydrogen-bond donors (Lipinski definition) is 1. The molecular formula is C20H25N5O2. The third-order valence-electron chi connectivity index (χ3n) is 5.25. The number of carbonyl (C=O) groups excluding carboxylic acids is 1. The number of benzene rings is 1. The normalized spacial score (nSPS) is 26.3. The molecule has 0 aliphatic carbocycles. The van der Waals surface area contributed by atoms with Gasteiger partial charge in [-0.05, 0) is 31.0 Å². The summed E-state index contributed by atoms with van der Waals surface area (Å²) in [6.07, 6.45) is 5.24. The van der Waals surface area contributed by atoms with Gasteiger partial charge in [-0.1, -0.05) is 18.2 Å². The number of hydrogen-bond acceptors (Lipinski definition) is 6. The van der Waals surface area contributed by atoms with Crippen LogP contribution in [0.25, 0.3) is 0 Å². The van der Waals surface area contributed by atoms with Crippen molar-refractivity contribution in [1.82, 2.24) is 20.2 Å². The smallest absolute Gasteiger partial charge is 0.227 e. The van der Waals surface area contributed by atoms with Gasteiger partial charge in [-0.15, -0.1) is 0 Å². The summed E-state index contributed by atoms with van der Waals surface area (Å²) in [6.45, 7) is 1.85. The average molecular weight is 367 g/mol. The molecule has 142 valence electrons. The lowest BCUT2D eigenvalue weighted by Gasteiger charge is -2.41. The third-order valence-corrected chi connectivity index (χ3v) is 5.25. The zero-order valence-corrected chi connectivity index (χ0v) is 15.5. The van der Waals surface area contributed by atoms with Gasteiger partial charge in [0.15, 0.2) is 6.35 Å². The second-order valence-corrected chi connectivity index (χ2v) is 7.10. The van der Waals surface area contributed by atoms with Crippen molar-refractivity contribution in [2.24, 2.45) is 0 Å². The number of anilines is 1. The molecule has 7 nitrogen and oxygen atoms in total. The Morgan fingerprint density at radius 1 is 1.22 bits per heavy atom. The van der Waals surface area contributed by atoms with Crippen LogP contribution in [-0.2, 0) is 9.53 Å². The molecule has 2 fully saturated rings. The van der Waals surface area contributed by atoms with Gasteiger partial charge in [0.1, 0.15) is 6.33 Å². The van der Waals surface area contributed by atoms with Crippen LogP contribution >= 0.6 is 0 Å². The van der Waals surface area contributed by atoms with Crippen molar-refractivity contribution in [2.45, 2.75) is 37.8 Å². The summed E-state index contributed by atoms with van der Waals surface area (Å²) in [5.74, 6) is 0.0538. The van der Waals surface area contributed by atoms with Crippen LogP contribution in [0.15, 0.2) is 48.9 Å². The molecule has 4 rings (SSSR count). The van der Waals surface area contributed by atoms with Crippen molar-refractivity contribution in [2.75, 3.05) is 25.0 Å². The summed E-state index contributed by atoms with van der Waals surface area (Å²) in [6, 6.07) is 12.1. The Kier molecular flexibility index (Phi) is 5.31. The fraction of sp³-hybridized carbons (Fsp3) is 0.450. The lowest BCUT2D eigenvalue weighted by atomic mass is 10.1. The largest absolute Gasteiger partial charge is 0.369 e. The van der Waals surface area contributed by atoms with E-state index in [0.29, 0.717) is 6.42 Å². The summed E-state index contributed by atoms with van der Waals surface area (Å²) in [5, 5.41) is 3.43. The Balaban J connectivity index is 1.43. The molecule has 3 heterocycles.